The summed E-state index contributed by atoms with van der Waals surface area (Å²) < 4.78 is 0. The molecule has 8 nitrogen and oxygen atoms in total. The lowest BCUT2D eigenvalue weighted by Crippen LogP contribution is -2.10. The smallest absolute Gasteiger partial charge is 0.265 e. The lowest BCUT2D eigenvalue weighted by molar-refractivity contribution is -0.0776. The highest BCUT2D eigenvalue weighted by atomic mass is 32.1. The van der Waals surface area contributed by atoms with Crippen LogP contribution in [-0.2, 0) is 4.84 Å². The molecular formula is C21H17N5O3S2. The van der Waals surface area contributed by atoms with Crippen molar-refractivity contribution in [3.8, 4) is 11.3 Å². The number of pyridine rings is 1. The fourth-order valence-corrected chi connectivity index (χ4v) is 4.20. The molecule has 156 valence electrons. The zero-order valence-electron chi connectivity index (χ0n) is 16.0. The van der Waals surface area contributed by atoms with E-state index in [-0.39, 0.29) is 5.91 Å². The van der Waals surface area contributed by atoms with Crippen molar-refractivity contribution in [2.45, 2.75) is 0 Å². The fraction of sp³-hybridized carbons (Fsp3) is 0. The van der Waals surface area contributed by atoms with Crippen molar-refractivity contribution >= 4 is 51.2 Å². The Balaban J connectivity index is 1.41. The van der Waals surface area contributed by atoms with E-state index in [1.165, 1.54) is 28.9 Å². The zero-order chi connectivity index (χ0) is 21.5. The van der Waals surface area contributed by atoms with Crippen LogP contribution in [0, 0.1) is 0 Å². The quantitative estimate of drug-likeness (QED) is 0.217. The SMILES string of the molecule is O=C(Nc1cccc(Nc2nc(-c3cccnc3)cs2)c1)c1ccc(/C=C/ONO)s1. The number of benzene rings is 1. The van der Waals surface area contributed by atoms with Crippen molar-refractivity contribution in [3.05, 3.63) is 82.3 Å². The molecule has 0 aliphatic carbocycles. The summed E-state index contributed by atoms with van der Waals surface area (Å²) in [5.74, 6) is -0.212. The van der Waals surface area contributed by atoms with Crippen LogP contribution in [0.4, 0.5) is 16.5 Å². The number of thiazole rings is 1. The summed E-state index contributed by atoms with van der Waals surface area (Å²) in [5.41, 5.74) is 4.85. The van der Waals surface area contributed by atoms with Crippen LogP contribution in [0.15, 0.2) is 72.6 Å². The average Bonchev–Trinajstić information content (AvgIpc) is 3.45. The molecule has 0 saturated carbocycles. The molecule has 0 aliphatic heterocycles. The van der Waals surface area contributed by atoms with Crippen molar-refractivity contribution in [2.75, 3.05) is 10.6 Å². The molecule has 0 radical (unpaired) electrons. The Labute approximate surface area is 185 Å². The minimum absolute atomic E-state index is 0.212. The van der Waals surface area contributed by atoms with Crippen LogP contribution < -0.4 is 16.3 Å². The van der Waals surface area contributed by atoms with E-state index in [0.29, 0.717) is 10.6 Å². The fourth-order valence-electron chi connectivity index (χ4n) is 2.66. The lowest BCUT2D eigenvalue weighted by Gasteiger charge is -2.07. The standard InChI is InChI=1S/C21H17N5O3S2/c27-20(19-7-6-17(31-19)8-10-29-26-28)23-15-4-1-5-16(11-15)24-21-25-18(13-30-21)14-3-2-9-22-12-14/h1-13,26,28H,(H,23,27)(H,24,25)/b10-8+. The Morgan fingerprint density at radius 3 is 2.87 bits per heavy atom. The van der Waals surface area contributed by atoms with Crippen LogP contribution in [0.2, 0.25) is 0 Å². The predicted octanol–water partition coefficient (Wildman–Crippen LogP) is 5.14. The number of hydrogen-bond donors (Lipinski definition) is 4. The predicted molar refractivity (Wildman–Crippen MR) is 122 cm³/mol. The van der Waals surface area contributed by atoms with Gasteiger partial charge < -0.3 is 15.5 Å². The molecular weight excluding hydrogens is 434 g/mol. The van der Waals surface area contributed by atoms with Gasteiger partial charge in [-0.1, -0.05) is 6.07 Å². The van der Waals surface area contributed by atoms with Gasteiger partial charge in [-0.05, 0) is 54.2 Å². The third kappa shape index (κ3) is 5.53. The van der Waals surface area contributed by atoms with Crippen molar-refractivity contribution in [1.82, 2.24) is 15.6 Å². The topological polar surface area (TPSA) is 108 Å². The summed E-state index contributed by atoms with van der Waals surface area (Å²) in [4.78, 5) is 27.1. The van der Waals surface area contributed by atoms with Crippen LogP contribution >= 0.6 is 22.7 Å². The summed E-state index contributed by atoms with van der Waals surface area (Å²) in [6.07, 6.45) is 6.41. The molecule has 1 amide bonds. The number of nitrogens with zero attached hydrogens (tertiary/aromatic N) is 2. The number of aromatic nitrogens is 2. The molecule has 31 heavy (non-hydrogen) atoms. The van der Waals surface area contributed by atoms with Gasteiger partial charge in [0, 0.05) is 39.6 Å². The number of amides is 1. The molecule has 1 aromatic carbocycles. The summed E-state index contributed by atoms with van der Waals surface area (Å²) in [6, 6.07) is 14.8. The molecule has 0 spiro atoms. The second-order valence-electron chi connectivity index (χ2n) is 6.15. The summed E-state index contributed by atoms with van der Waals surface area (Å²) >= 11 is 2.80. The summed E-state index contributed by atoms with van der Waals surface area (Å²) in [7, 11) is 0. The van der Waals surface area contributed by atoms with Gasteiger partial charge in [-0.25, -0.2) is 4.98 Å². The first-order valence-corrected chi connectivity index (χ1v) is 10.8. The molecule has 0 fully saturated rings. The zero-order valence-corrected chi connectivity index (χ0v) is 17.6. The van der Waals surface area contributed by atoms with E-state index in [0.717, 1.165) is 27.0 Å². The molecule has 0 atom stereocenters. The molecule has 0 unspecified atom stereocenters. The molecule has 3 heterocycles. The highest BCUT2D eigenvalue weighted by Gasteiger charge is 2.10. The normalized spacial score (nSPS) is 10.9. The molecule has 0 aliphatic rings. The minimum Gasteiger partial charge on any atom is -0.391 e. The second kappa shape index (κ2) is 9.96. The number of anilines is 3. The number of carbonyl (C=O) groups excluding carboxylic acids is 1. The maximum atomic E-state index is 12.5. The third-order valence-electron chi connectivity index (χ3n) is 4.04. The van der Waals surface area contributed by atoms with E-state index in [2.05, 4.69) is 25.4 Å². The summed E-state index contributed by atoms with van der Waals surface area (Å²) in [6.45, 7) is 0. The molecule has 10 heteroatoms. The molecule has 3 aromatic heterocycles. The van der Waals surface area contributed by atoms with E-state index in [9.17, 15) is 4.79 Å². The number of nitrogens with one attached hydrogen (secondary N) is 3. The molecule has 4 aromatic rings. The number of thiophene rings is 1. The maximum Gasteiger partial charge on any atom is 0.265 e. The average molecular weight is 452 g/mol. The Morgan fingerprint density at radius 1 is 1.13 bits per heavy atom. The van der Waals surface area contributed by atoms with Gasteiger partial charge in [0.2, 0.25) is 0 Å². The van der Waals surface area contributed by atoms with Gasteiger partial charge in [-0.15, -0.1) is 22.7 Å². The van der Waals surface area contributed by atoms with E-state index >= 15 is 0 Å². The second-order valence-corrected chi connectivity index (χ2v) is 8.13. The van der Waals surface area contributed by atoms with Crippen LogP contribution in [0.5, 0.6) is 0 Å². The highest BCUT2D eigenvalue weighted by molar-refractivity contribution is 7.15. The monoisotopic (exact) mass is 451 g/mol. The van der Waals surface area contributed by atoms with Crippen LogP contribution in [-0.4, -0.2) is 21.1 Å². The number of hydrogen-bond acceptors (Lipinski definition) is 9. The van der Waals surface area contributed by atoms with E-state index in [1.807, 2.05) is 41.8 Å². The van der Waals surface area contributed by atoms with Gasteiger partial charge in [0.25, 0.3) is 5.91 Å². The van der Waals surface area contributed by atoms with Crippen molar-refractivity contribution < 1.29 is 14.8 Å². The van der Waals surface area contributed by atoms with Gasteiger partial charge in [0.05, 0.1) is 10.6 Å². The first kappa shape index (κ1) is 20.7. The van der Waals surface area contributed by atoms with Crippen molar-refractivity contribution in [2.24, 2.45) is 0 Å². The van der Waals surface area contributed by atoms with Gasteiger partial charge in [0.1, 0.15) is 6.26 Å². The van der Waals surface area contributed by atoms with E-state index in [4.69, 9.17) is 5.21 Å². The van der Waals surface area contributed by atoms with Crippen LogP contribution in [0.3, 0.4) is 0 Å². The van der Waals surface area contributed by atoms with Gasteiger partial charge in [0.15, 0.2) is 5.13 Å². The van der Waals surface area contributed by atoms with Crippen LogP contribution in [0.1, 0.15) is 14.5 Å². The maximum absolute atomic E-state index is 12.5. The van der Waals surface area contributed by atoms with Crippen LogP contribution in [0.25, 0.3) is 17.3 Å². The van der Waals surface area contributed by atoms with Crippen molar-refractivity contribution in [1.29, 1.82) is 0 Å². The Morgan fingerprint density at radius 2 is 2.03 bits per heavy atom. The Kier molecular flexibility index (Phi) is 6.65. The van der Waals surface area contributed by atoms with E-state index in [1.54, 1.807) is 36.2 Å². The number of carbonyl (C=O) groups is 1. The summed E-state index contributed by atoms with van der Waals surface area (Å²) in [5, 5.41) is 17.3. The Hall–Kier alpha value is -3.57. The van der Waals surface area contributed by atoms with Crippen molar-refractivity contribution in [3.63, 3.8) is 0 Å². The highest BCUT2D eigenvalue weighted by Crippen LogP contribution is 2.28. The van der Waals surface area contributed by atoms with Gasteiger partial charge >= 0.3 is 0 Å². The van der Waals surface area contributed by atoms with Gasteiger partial charge in [-0.2, -0.15) is 0 Å². The largest absolute Gasteiger partial charge is 0.391 e. The number of rotatable bonds is 8. The molecule has 4 N–H and O–H groups in total. The molecule has 0 bridgehead atoms. The third-order valence-corrected chi connectivity index (χ3v) is 5.84. The minimum atomic E-state index is -0.212. The van der Waals surface area contributed by atoms with Gasteiger partial charge in [-0.3, -0.25) is 15.0 Å². The molecule has 4 rings (SSSR count). The van der Waals surface area contributed by atoms with E-state index < -0.39 is 0 Å². The Bertz CT molecular complexity index is 1190. The first-order chi connectivity index (χ1) is 15.2. The lowest BCUT2D eigenvalue weighted by atomic mass is 10.2. The first-order valence-electron chi connectivity index (χ1n) is 9.07. The molecule has 0 saturated heterocycles.